The molecule has 3 aromatic carbocycles. The van der Waals surface area contributed by atoms with E-state index in [1.165, 1.54) is 12.1 Å². The van der Waals surface area contributed by atoms with Crippen molar-refractivity contribution in [1.29, 1.82) is 0 Å². The molecule has 1 unspecified atom stereocenters. The van der Waals surface area contributed by atoms with E-state index in [4.69, 9.17) is 4.74 Å². The Hall–Kier alpha value is -3.46. The van der Waals surface area contributed by atoms with Crippen LogP contribution in [0, 0.1) is 11.6 Å². The van der Waals surface area contributed by atoms with Gasteiger partial charge in [-0.2, -0.15) is 5.10 Å². The summed E-state index contributed by atoms with van der Waals surface area (Å²) in [5.74, 6) is -1.53. The van der Waals surface area contributed by atoms with E-state index in [0.717, 1.165) is 40.8 Å². The zero-order chi connectivity index (χ0) is 22.0. The first-order chi connectivity index (χ1) is 14.9. The molecule has 31 heavy (non-hydrogen) atoms. The van der Waals surface area contributed by atoms with Crippen LogP contribution in [0.4, 0.5) is 14.5 Å². The molecule has 4 rings (SSSR count). The fourth-order valence-electron chi connectivity index (χ4n) is 3.33. The molecule has 3 aromatic rings. The van der Waals surface area contributed by atoms with Gasteiger partial charge in [0, 0.05) is 12.1 Å². The molecule has 1 aliphatic heterocycles. The normalized spacial score (nSPS) is 15.8. The molecule has 1 aliphatic rings. The minimum absolute atomic E-state index is 0.0168. The maximum atomic E-state index is 13.8. The lowest BCUT2D eigenvalue weighted by Gasteiger charge is -2.11. The summed E-state index contributed by atoms with van der Waals surface area (Å²) in [7, 11) is -2.80. The first-order valence-electron chi connectivity index (χ1n) is 9.41. The van der Waals surface area contributed by atoms with Crippen LogP contribution in [0.1, 0.15) is 23.6 Å². The van der Waals surface area contributed by atoms with E-state index in [-0.39, 0.29) is 11.7 Å². The Morgan fingerprint density at radius 2 is 1.65 bits per heavy atom. The lowest BCUT2D eigenvalue weighted by atomic mass is 9.99. The van der Waals surface area contributed by atoms with Crippen LogP contribution in [-0.2, 0) is 10.0 Å². The Kier molecular flexibility index (Phi) is 5.60. The van der Waals surface area contributed by atoms with Crippen molar-refractivity contribution in [3.05, 3.63) is 89.5 Å². The van der Waals surface area contributed by atoms with Gasteiger partial charge < -0.3 is 10.2 Å². The zero-order valence-electron chi connectivity index (χ0n) is 16.5. The predicted octanol–water partition coefficient (Wildman–Crippen LogP) is 4.21. The number of sulfonamides is 1. The number of nitrogens with one attached hydrogen (secondary N) is 2. The maximum Gasteiger partial charge on any atom is 0.267 e. The Morgan fingerprint density at radius 1 is 1.00 bits per heavy atom. The fraction of sp³-hybridized carbons (Fsp3) is 0.136. The van der Waals surface area contributed by atoms with E-state index in [0.29, 0.717) is 6.42 Å². The molecular formula is C22H19F2N3O3S. The first kappa shape index (κ1) is 20.8. The molecule has 160 valence electrons. The summed E-state index contributed by atoms with van der Waals surface area (Å²) in [6.45, 7) is 0. The Balaban J connectivity index is 1.46. The quantitative estimate of drug-likeness (QED) is 0.598. The second-order valence-corrected chi connectivity index (χ2v) is 8.57. The molecule has 0 amide bonds. The highest BCUT2D eigenvalue weighted by Crippen LogP contribution is 2.27. The Labute approximate surface area is 178 Å². The van der Waals surface area contributed by atoms with Crippen LogP contribution in [0.15, 0.2) is 76.7 Å². The third-order valence-corrected chi connectivity index (χ3v) is 6.36. The lowest BCUT2D eigenvalue weighted by Crippen LogP contribution is -2.16. The van der Waals surface area contributed by atoms with Crippen LogP contribution in [-0.4, -0.2) is 21.2 Å². The molecule has 0 saturated heterocycles. The standard InChI is InChI=1S/C22H19F2N3O3S/c1-30-17-11-7-15(8-12-17)21-13-20(25-26-21)14-5-9-16(10-6-14)27-31(28,29)22-18(23)3-2-4-19(22)24/h2-12,21,26-27H,13H2,1H3. The summed E-state index contributed by atoms with van der Waals surface area (Å²) in [6.07, 6.45) is 0.651. The van der Waals surface area contributed by atoms with E-state index in [1.807, 2.05) is 24.3 Å². The van der Waals surface area contributed by atoms with Crippen molar-refractivity contribution in [2.24, 2.45) is 5.10 Å². The fourth-order valence-corrected chi connectivity index (χ4v) is 4.53. The summed E-state index contributed by atoms with van der Waals surface area (Å²) in [4.78, 5) is -1.01. The number of anilines is 1. The van der Waals surface area contributed by atoms with Gasteiger partial charge >= 0.3 is 0 Å². The van der Waals surface area contributed by atoms with Gasteiger partial charge in [-0.15, -0.1) is 0 Å². The summed E-state index contributed by atoms with van der Waals surface area (Å²) >= 11 is 0. The van der Waals surface area contributed by atoms with Crippen molar-refractivity contribution < 1.29 is 21.9 Å². The molecule has 0 bridgehead atoms. The molecule has 2 N–H and O–H groups in total. The van der Waals surface area contributed by atoms with Gasteiger partial charge in [0.05, 0.1) is 18.9 Å². The Morgan fingerprint density at radius 3 is 2.26 bits per heavy atom. The largest absolute Gasteiger partial charge is 0.497 e. The van der Waals surface area contributed by atoms with Gasteiger partial charge in [-0.3, -0.25) is 4.72 Å². The smallest absolute Gasteiger partial charge is 0.267 e. The van der Waals surface area contributed by atoms with Gasteiger partial charge in [-0.25, -0.2) is 17.2 Å². The number of rotatable bonds is 6. The molecule has 9 heteroatoms. The number of methoxy groups -OCH3 is 1. The zero-order valence-corrected chi connectivity index (χ0v) is 17.3. The lowest BCUT2D eigenvalue weighted by molar-refractivity contribution is 0.414. The van der Waals surface area contributed by atoms with E-state index in [2.05, 4.69) is 15.2 Å². The maximum absolute atomic E-state index is 13.8. The number of nitrogens with zero attached hydrogens (tertiary/aromatic N) is 1. The van der Waals surface area contributed by atoms with Gasteiger partial charge in [0.1, 0.15) is 17.4 Å². The predicted molar refractivity (Wildman–Crippen MR) is 114 cm³/mol. The summed E-state index contributed by atoms with van der Waals surface area (Å²) in [5.41, 5.74) is 5.97. The first-order valence-corrected chi connectivity index (χ1v) is 10.9. The van der Waals surface area contributed by atoms with Gasteiger partial charge in [-0.05, 0) is 47.5 Å². The molecule has 1 atom stereocenters. The van der Waals surface area contributed by atoms with E-state index < -0.39 is 26.6 Å². The third kappa shape index (κ3) is 4.36. The molecule has 0 aromatic heterocycles. The molecule has 6 nitrogen and oxygen atoms in total. The highest BCUT2D eigenvalue weighted by Gasteiger charge is 2.24. The second kappa shape index (κ2) is 8.35. The van der Waals surface area contributed by atoms with Crippen LogP contribution in [0.2, 0.25) is 0 Å². The number of halogens is 2. The number of hydrogen-bond donors (Lipinski definition) is 2. The minimum Gasteiger partial charge on any atom is -0.497 e. The average molecular weight is 443 g/mol. The molecule has 0 spiro atoms. The van der Waals surface area contributed by atoms with Crippen molar-refractivity contribution in [3.63, 3.8) is 0 Å². The number of benzene rings is 3. The third-order valence-electron chi connectivity index (χ3n) is 4.93. The van der Waals surface area contributed by atoms with E-state index >= 15 is 0 Å². The summed E-state index contributed by atoms with van der Waals surface area (Å²) in [5, 5.41) is 4.38. The van der Waals surface area contributed by atoms with Crippen LogP contribution in [0.5, 0.6) is 5.75 Å². The topological polar surface area (TPSA) is 79.8 Å². The van der Waals surface area contributed by atoms with Crippen LogP contribution < -0.4 is 14.9 Å². The van der Waals surface area contributed by atoms with Crippen molar-refractivity contribution >= 4 is 21.4 Å². The number of hydrazone groups is 1. The van der Waals surface area contributed by atoms with E-state index in [9.17, 15) is 17.2 Å². The SMILES string of the molecule is COc1ccc(C2CC(c3ccc(NS(=O)(=O)c4c(F)cccc4F)cc3)=NN2)cc1. The molecule has 0 fully saturated rings. The van der Waals surface area contributed by atoms with E-state index in [1.54, 1.807) is 19.2 Å². The van der Waals surface area contributed by atoms with Crippen molar-refractivity contribution in [3.8, 4) is 5.75 Å². The van der Waals surface area contributed by atoms with Crippen molar-refractivity contribution in [1.82, 2.24) is 5.43 Å². The van der Waals surface area contributed by atoms with Crippen molar-refractivity contribution in [2.75, 3.05) is 11.8 Å². The van der Waals surface area contributed by atoms with Gasteiger partial charge in [0.25, 0.3) is 10.0 Å². The molecule has 0 radical (unpaired) electrons. The number of hydrogen-bond acceptors (Lipinski definition) is 5. The summed E-state index contributed by atoms with van der Waals surface area (Å²) in [6, 6.07) is 17.1. The highest BCUT2D eigenvalue weighted by molar-refractivity contribution is 7.92. The molecule has 1 heterocycles. The molecule has 0 saturated carbocycles. The van der Waals surface area contributed by atoms with Gasteiger partial charge in [0.15, 0.2) is 4.90 Å². The molecular weight excluding hydrogens is 424 g/mol. The van der Waals surface area contributed by atoms with Crippen LogP contribution in [0.3, 0.4) is 0 Å². The van der Waals surface area contributed by atoms with Gasteiger partial charge in [-0.1, -0.05) is 30.3 Å². The Bertz CT molecular complexity index is 1210. The van der Waals surface area contributed by atoms with Crippen LogP contribution in [0.25, 0.3) is 0 Å². The minimum atomic E-state index is -4.41. The van der Waals surface area contributed by atoms with Gasteiger partial charge in [0.2, 0.25) is 0 Å². The number of ether oxygens (including phenoxy) is 1. The average Bonchev–Trinajstić information content (AvgIpc) is 3.24. The second-order valence-electron chi connectivity index (χ2n) is 6.95. The van der Waals surface area contributed by atoms with Crippen molar-refractivity contribution in [2.45, 2.75) is 17.4 Å². The summed E-state index contributed by atoms with van der Waals surface area (Å²) < 4.78 is 59.9. The monoisotopic (exact) mass is 443 g/mol. The molecule has 0 aliphatic carbocycles. The van der Waals surface area contributed by atoms with Crippen LogP contribution >= 0.6 is 0 Å². The highest BCUT2D eigenvalue weighted by atomic mass is 32.2.